The Morgan fingerprint density at radius 1 is 1.18 bits per heavy atom. The third-order valence-corrected chi connectivity index (χ3v) is 4.07. The summed E-state index contributed by atoms with van der Waals surface area (Å²) in [7, 11) is 1.70. The minimum Gasteiger partial charge on any atom is -0.382 e. The Kier molecular flexibility index (Phi) is 7.82. The van der Waals surface area contributed by atoms with Crippen LogP contribution in [0.2, 0.25) is 0 Å². The molecule has 0 spiro atoms. The van der Waals surface area contributed by atoms with Gasteiger partial charge < -0.3 is 15.2 Å². The minimum absolute atomic E-state index is 0.322. The van der Waals surface area contributed by atoms with E-state index in [1.165, 1.54) is 32.1 Å². The number of nitrogens with two attached hydrogens (primary N) is 1. The molecule has 3 nitrogen and oxygen atoms in total. The summed E-state index contributed by atoms with van der Waals surface area (Å²) < 4.78 is 10.4. The maximum Gasteiger partial charge on any atom is 0.0700 e. The molecule has 2 N–H and O–H groups in total. The summed E-state index contributed by atoms with van der Waals surface area (Å²) >= 11 is 0. The molecule has 0 radical (unpaired) electrons. The number of rotatable bonds is 8. The highest BCUT2D eigenvalue weighted by Crippen LogP contribution is 2.34. The fraction of sp³-hybridized carbons (Fsp3) is 1.00. The van der Waals surface area contributed by atoms with Crippen LogP contribution in [0.5, 0.6) is 0 Å². The van der Waals surface area contributed by atoms with Gasteiger partial charge in [0.2, 0.25) is 0 Å². The van der Waals surface area contributed by atoms with Crippen LogP contribution in [-0.4, -0.2) is 33.0 Å². The van der Waals surface area contributed by atoms with Gasteiger partial charge in [-0.25, -0.2) is 0 Å². The van der Waals surface area contributed by atoms with Crippen molar-refractivity contribution in [2.75, 3.05) is 26.9 Å². The third-order valence-electron chi connectivity index (χ3n) is 4.07. The highest BCUT2D eigenvalue weighted by Gasteiger charge is 2.28. The predicted octanol–water partition coefficient (Wildman–Crippen LogP) is 2.58. The summed E-state index contributed by atoms with van der Waals surface area (Å²) in [5.41, 5.74) is 6.32. The van der Waals surface area contributed by atoms with Crippen LogP contribution in [0, 0.1) is 11.8 Å². The molecule has 1 aliphatic carbocycles. The lowest BCUT2D eigenvalue weighted by Crippen LogP contribution is -2.37. The first-order chi connectivity index (χ1) is 8.29. The Balaban J connectivity index is 2.18. The second kappa shape index (κ2) is 8.90. The third kappa shape index (κ3) is 5.36. The SMILES string of the molecule is CCC1CCCCC1C(N)CCOCCOC. The van der Waals surface area contributed by atoms with Gasteiger partial charge in [0.1, 0.15) is 0 Å². The molecule has 1 fully saturated rings. The Hall–Kier alpha value is -0.120. The molecular weight excluding hydrogens is 214 g/mol. The van der Waals surface area contributed by atoms with Crippen molar-refractivity contribution < 1.29 is 9.47 Å². The Labute approximate surface area is 106 Å². The van der Waals surface area contributed by atoms with Crippen molar-refractivity contribution >= 4 is 0 Å². The molecule has 0 saturated heterocycles. The zero-order valence-electron chi connectivity index (χ0n) is 11.5. The lowest BCUT2D eigenvalue weighted by Gasteiger charge is -2.35. The second-order valence-corrected chi connectivity index (χ2v) is 5.17. The number of hydrogen-bond acceptors (Lipinski definition) is 3. The first-order valence-electron chi connectivity index (χ1n) is 7.11. The standard InChI is InChI=1S/C14H29NO2/c1-3-12-6-4-5-7-13(12)14(15)8-9-17-11-10-16-2/h12-14H,3-11,15H2,1-2H3. The molecule has 1 saturated carbocycles. The quantitative estimate of drug-likeness (QED) is 0.666. The van der Waals surface area contributed by atoms with Crippen LogP contribution in [0.3, 0.4) is 0 Å². The Morgan fingerprint density at radius 3 is 2.65 bits per heavy atom. The lowest BCUT2D eigenvalue weighted by molar-refractivity contribution is 0.0608. The van der Waals surface area contributed by atoms with Gasteiger partial charge >= 0.3 is 0 Å². The zero-order chi connectivity index (χ0) is 12.5. The van der Waals surface area contributed by atoms with Gasteiger partial charge in [0.25, 0.3) is 0 Å². The summed E-state index contributed by atoms with van der Waals surface area (Å²) in [5, 5.41) is 0. The number of hydrogen-bond donors (Lipinski definition) is 1. The van der Waals surface area contributed by atoms with E-state index in [4.69, 9.17) is 15.2 Å². The molecule has 0 amide bonds. The maximum absolute atomic E-state index is 6.32. The van der Waals surface area contributed by atoms with E-state index in [0.717, 1.165) is 24.9 Å². The lowest BCUT2D eigenvalue weighted by atomic mass is 9.73. The van der Waals surface area contributed by atoms with Gasteiger partial charge in [0, 0.05) is 19.8 Å². The summed E-state index contributed by atoms with van der Waals surface area (Å²) in [5.74, 6) is 1.57. The molecule has 1 rings (SSSR count). The van der Waals surface area contributed by atoms with E-state index >= 15 is 0 Å². The van der Waals surface area contributed by atoms with E-state index in [2.05, 4.69) is 6.92 Å². The van der Waals surface area contributed by atoms with Crippen LogP contribution in [0.25, 0.3) is 0 Å². The average Bonchev–Trinajstić information content (AvgIpc) is 2.38. The molecule has 1 aliphatic rings. The minimum atomic E-state index is 0.322. The van der Waals surface area contributed by atoms with Crippen LogP contribution in [0.15, 0.2) is 0 Å². The number of methoxy groups -OCH3 is 1. The molecule has 0 heterocycles. The van der Waals surface area contributed by atoms with Crippen LogP contribution in [-0.2, 0) is 9.47 Å². The molecule has 0 aliphatic heterocycles. The Bertz CT molecular complexity index is 187. The molecule has 102 valence electrons. The summed E-state index contributed by atoms with van der Waals surface area (Å²) in [6.45, 7) is 4.43. The van der Waals surface area contributed by atoms with E-state index in [0.29, 0.717) is 19.3 Å². The molecule has 17 heavy (non-hydrogen) atoms. The van der Waals surface area contributed by atoms with Gasteiger partial charge in [-0.05, 0) is 24.7 Å². The fourth-order valence-electron chi connectivity index (χ4n) is 2.98. The zero-order valence-corrected chi connectivity index (χ0v) is 11.5. The summed E-state index contributed by atoms with van der Waals surface area (Å²) in [4.78, 5) is 0. The molecule has 0 bridgehead atoms. The van der Waals surface area contributed by atoms with Gasteiger partial charge in [-0.15, -0.1) is 0 Å². The number of ether oxygens (including phenoxy) is 2. The molecule has 3 heteroatoms. The smallest absolute Gasteiger partial charge is 0.0700 e. The molecule has 0 aromatic rings. The van der Waals surface area contributed by atoms with Gasteiger partial charge in [0.05, 0.1) is 13.2 Å². The van der Waals surface area contributed by atoms with Crippen LogP contribution in [0.1, 0.15) is 45.4 Å². The van der Waals surface area contributed by atoms with E-state index in [1.807, 2.05) is 0 Å². The average molecular weight is 243 g/mol. The van der Waals surface area contributed by atoms with E-state index in [9.17, 15) is 0 Å². The van der Waals surface area contributed by atoms with Crippen LogP contribution in [0.4, 0.5) is 0 Å². The fourth-order valence-corrected chi connectivity index (χ4v) is 2.98. The van der Waals surface area contributed by atoms with Gasteiger partial charge in [0.15, 0.2) is 0 Å². The van der Waals surface area contributed by atoms with Crippen molar-refractivity contribution in [3.05, 3.63) is 0 Å². The summed E-state index contributed by atoms with van der Waals surface area (Å²) in [6.07, 6.45) is 7.72. The van der Waals surface area contributed by atoms with E-state index < -0.39 is 0 Å². The molecule has 3 unspecified atom stereocenters. The highest BCUT2D eigenvalue weighted by molar-refractivity contribution is 4.82. The second-order valence-electron chi connectivity index (χ2n) is 5.17. The molecule has 3 atom stereocenters. The van der Waals surface area contributed by atoms with Gasteiger partial charge in [-0.1, -0.05) is 32.6 Å². The monoisotopic (exact) mass is 243 g/mol. The normalized spacial score (nSPS) is 27.0. The highest BCUT2D eigenvalue weighted by atomic mass is 16.5. The van der Waals surface area contributed by atoms with Crippen molar-refractivity contribution in [3.8, 4) is 0 Å². The first kappa shape index (κ1) is 14.9. The van der Waals surface area contributed by atoms with Crippen molar-refractivity contribution in [1.82, 2.24) is 0 Å². The van der Waals surface area contributed by atoms with Crippen LogP contribution < -0.4 is 5.73 Å². The maximum atomic E-state index is 6.32. The predicted molar refractivity (Wildman–Crippen MR) is 71.0 cm³/mol. The molecule has 0 aromatic heterocycles. The van der Waals surface area contributed by atoms with Gasteiger partial charge in [-0.2, -0.15) is 0 Å². The van der Waals surface area contributed by atoms with Crippen molar-refractivity contribution in [1.29, 1.82) is 0 Å². The van der Waals surface area contributed by atoms with Crippen molar-refractivity contribution in [2.45, 2.75) is 51.5 Å². The Morgan fingerprint density at radius 2 is 1.94 bits per heavy atom. The van der Waals surface area contributed by atoms with E-state index in [1.54, 1.807) is 7.11 Å². The van der Waals surface area contributed by atoms with Crippen LogP contribution >= 0.6 is 0 Å². The topological polar surface area (TPSA) is 44.5 Å². The molecular formula is C14H29NO2. The summed E-state index contributed by atoms with van der Waals surface area (Å²) in [6, 6.07) is 0.322. The largest absolute Gasteiger partial charge is 0.382 e. The first-order valence-corrected chi connectivity index (χ1v) is 7.11. The van der Waals surface area contributed by atoms with Crippen molar-refractivity contribution in [3.63, 3.8) is 0 Å². The van der Waals surface area contributed by atoms with Crippen molar-refractivity contribution in [2.24, 2.45) is 17.6 Å². The molecule has 0 aromatic carbocycles. The van der Waals surface area contributed by atoms with Gasteiger partial charge in [-0.3, -0.25) is 0 Å². The van der Waals surface area contributed by atoms with E-state index in [-0.39, 0.29) is 0 Å².